The van der Waals surface area contributed by atoms with Gasteiger partial charge in [-0.15, -0.1) is 12.4 Å². The minimum absolute atomic E-state index is 0. The van der Waals surface area contributed by atoms with Crippen molar-refractivity contribution in [1.29, 1.82) is 0 Å². The SMILES string of the molecule is CCC(N)(O)c1ccccc1.Cl. The maximum Gasteiger partial charge on any atom is 0.139 e. The van der Waals surface area contributed by atoms with Gasteiger partial charge in [0.15, 0.2) is 0 Å². The Labute approximate surface area is 78.8 Å². The number of benzene rings is 1. The summed E-state index contributed by atoms with van der Waals surface area (Å²) in [6, 6.07) is 9.27. The molecule has 1 aromatic rings. The van der Waals surface area contributed by atoms with E-state index in [0.717, 1.165) is 5.56 Å². The number of halogens is 1. The van der Waals surface area contributed by atoms with Gasteiger partial charge in [-0.25, -0.2) is 0 Å². The standard InChI is InChI=1S/C9H13NO.ClH/c1-2-9(10,11)8-6-4-3-5-7-8;/h3-7,11H,2,10H2,1H3;1H. The van der Waals surface area contributed by atoms with Gasteiger partial charge in [0.25, 0.3) is 0 Å². The van der Waals surface area contributed by atoms with Crippen LogP contribution in [0.4, 0.5) is 0 Å². The van der Waals surface area contributed by atoms with E-state index in [1.54, 1.807) is 0 Å². The molecule has 0 aliphatic carbocycles. The van der Waals surface area contributed by atoms with Crippen LogP contribution in [0.5, 0.6) is 0 Å². The summed E-state index contributed by atoms with van der Waals surface area (Å²) in [5.41, 5.74) is 5.19. The highest BCUT2D eigenvalue weighted by Gasteiger charge is 2.19. The molecule has 0 saturated heterocycles. The Kier molecular flexibility index (Phi) is 4.24. The molecule has 0 radical (unpaired) electrons. The van der Waals surface area contributed by atoms with Crippen LogP contribution >= 0.6 is 12.4 Å². The summed E-state index contributed by atoms with van der Waals surface area (Å²) in [6.07, 6.45) is 0.525. The van der Waals surface area contributed by atoms with Gasteiger partial charge >= 0.3 is 0 Å². The average Bonchev–Trinajstić information content (AvgIpc) is 2.06. The predicted molar refractivity (Wildman–Crippen MR) is 52.1 cm³/mol. The lowest BCUT2D eigenvalue weighted by atomic mass is 10.0. The molecule has 0 fully saturated rings. The van der Waals surface area contributed by atoms with Crippen LogP contribution in [-0.4, -0.2) is 5.11 Å². The Morgan fingerprint density at radius 3 is 2.25 bits per heavy atom. The van der Waals surface area contributed by atoms with E-state index in [1.165, 1.54) is 0 Å². The van der Waals surface area contributed by atoms with Gasteiger partial charge in [-0.3, -0.25) is 5.73 Å². The smallest absolute Gasteiger partial charge is 0.139 e. The van der Waals surface area contributed by atoms with Crippen LogP contribution < -0.4 is 5.73 Å². The van der Waals surface area contributed by atoms with Crippen LogP contribution in [-0.2, 0) is 5.72 Å². The van der Waals surface area contributed by atoms with Crippen molar-refractivity contribution in [1.82, 2.24) is 0 Å². The Bertz CT molecular complexity index is 223. The van der Waals surface area contributed by atoms with Gasteiger partial charge < -0.3 is 5.11 Å². The monoisotopic (exact) mass is 187 g/mol. The first-order valence-electron chi connectivity index (χ1n) is 3.73. The topological polar surface area (TPSA) is 46.2 Å². The second-order valence-electron chi connectivity index (χ2n) is 2.64. The Morgan fingerprint density at radius 1 is 1.33 bits per heavy atom. The van der Waals surface area contributed by atoms with Crippen LogP contribution in [0.15, 0.2) is 30.3 Å². The Balaban J connectivity index is 0.00000121. The maximum atomic E-state index is 9.57. The molecule has 1 aromatic carbocycles. The quantitative estimate of drug-likeness (QED) is 0.692. The van der Waals surface area contributed by atoms with Crippen LogP contribution in [0.1, 0.15) is 18.9 Å². The zero-order chi connectivity index (χ0) is 8.32. The summed E-state index contributed by atoms with van der Waals surface area (Å²) < 4.78 is 0. The van der Waals surface area contributed by atoms with Gasteiger partial charge in [0.1, 0.15) is 5.72 Å². The van der Waals surface area contributed by atoms with Crippen LogP contribution in [0.3, 0.4) is 0 Å². The van der Waals surface area contributed by atoms with Gasteiger partial charge in [0.2, 0.25) is 0 Å². The largest absolute Gasteiger partial charge is 0.372 e. The van der Waals surface area contributed by atoms with Crippen molar-refractivity contribution in [3.63, 3.8) is 0 Å². The fourth-order valence-corrected chi connectivity index (χ4v) is 0.931. The fraction of sp³-hybridized carbons (Fsp3) is 0.333. The molecule has 0 aliphatic heterocycles. The van der Waals surface area contributed by atoms with Crippen LogP contribution in [0.2, 0.25) is 0 Å². The molecule has 1 atom stereocenters. The van der Waals surface area contributed by atoms with E-state index in [9.17, 15) is 5.11 Å². The molecule has 3 heteroatoms. The van der Waals surface area contributed by atoms with Gasteiger partial charge in [-0.1, -0.05) is 37.3 Å². The number of aliphatic hydroxyl groups is 1. The summed E-state index contributed by atoms with van der Waals surface area (Å²) in [7, 11) is 0. The molecule has 0 amide bonds. The summed E-state index contributed by atoms with van der Waals surface area (Å²) in [4.78, 5) is 0. The molecular weight excluding hydrogens is 174 g/mol. The second kappa shape index (κ2) is 4.45. The number of hydrogen-bond acceptors (Lipinski definition) is 2. The first kappa shape index (κ1) is 11.4. The zero-order valence-corrected chi connectivity index (χ0v) is 7.84. The summed E-state index contributed by atoms with van der Waals surface area (Å²) in [5.74, 6) is 0. The summed E-state index contributed by atoms with van der Waals surface area (Å²) in [6.45, 7) is 1.85. The van der Waals surface area contributed by atoms with Gasteiger partial charge in [-0.05, 0) is 12.0 Å². The van der Waals surface area contributed by atoms with E-state index in [0.29, 0.717) is 6.42 Å². The molecule has 0 spiro atoms. The van der Waals surface area contributed by atoms with Crippen molar-refractivity contribution < 1.29 is 5.11 Å². The van der Waals surface area contributed by atoms with E-state index >= 15 is 0 Å². The molecule has 0 aliphatic rings. The molecule has 12 heavy (non-hydrogen) atoms. The van der Waals surface area contributed by atoms with E-state index in [4.69, 9.17) is 5.73 Å². The van der Waals surface area contributed by atoms with Crippen molar-refractivity contribution in [2.45, 2.75) is 19.1 Å². The third kappa shape index (κ3) is 2.48. The highest BCUT2D eigenvalue weighted by atomic mass is 35.5. The van der Waals surface area contributed by atoms with Crippen molar-refractivity contribution in [3.8, 4) is 0 Å². The van der Waals surface area contributed by atoms with Crippen LogP contribution in [0, 0.1) is 0 Å². The van der Waals surface area contributed by atoms with Crippen molar-refractivity contribution in [2.75, 3.05) is 0 Å². The molecule has 68 valence electrons. The molecule has 3 N–H and O–H groups in total. The minimum atomic E-state index is -1.17. The lowest BCUT2D eigenvalue weighted by Gasteiger charge is -2.21. The highest BCUT2D eigenvalue weighted by molar-refractivity contribution is 5.85. The van der Waals surface area contributed by atoms with Gasteiger partial charge in [0, 0.05) is 0 Å². The average molecular weight is 188 g/mol. The third-order valence-corrected chi connectivity index (χ3v) is 1.81. The first-order chi connectivity index (χ1) is 5.17. The Morgan fingerprint density at radius 2 is 1.83 bits per heavy atom. The van der Waals surface area contributed by atoms with E-state index in [1.807, 2.05) is 37.3 Å². The van der Waals surface area contributed by atoms with Gasteiger partial charge in [0.05, 0.1) is 0 Å². The molecule has 0 heterocycles. The molecule has 0 saturated carbocycles. The van der Waals surface area contributed by atoms with E-state index < -0.39 is 5.72 Å². The molecule has 1 rings (SSSR count). The maximum absolute atomic E-state index is 9.57. The number of hydrogen-bond donors (Lipinski definition) is 2. The first-order valence-corrected chi connectivity index (χ1v) is 3.73. The molecule has 0 bridgehead atoms. The van der Waals surface area contributed by atoms with Crippen molar-refractivity contribution >= 4 is 12.4 Å². The normalized spacial score (nSPS) is 14.6. The lowest BCUT2D eigenvalue weighted by Crippen LogP contribution is -2.35. The summed E-state index contributed by atoms with van der Waals surface area (Å²) in [5, 5.41) is 9.57. The van der Waals surface area contributed by atoms with E-state index in [2.05, 4.69) is 0 Å². The lowest BCUT2D eigenvalue weighted by molar-refractivity contribution is 0.0395. The second-order valence-corrected chi connectivity index (χ2v) is 2.64. The molecule has 1 unspecified atom stereocenters. The van der Waals surface area contributed by atoms with Gasteiger partial charge in [-0.2, -0.15) is 0 Å². The number of nitrogens with two attached hydrogens (primary N) is 1. The summed E-state index contributed by atoms with van der Waals surface area (Å²) >= 11 is 0. The van der Waals surface area contributed by atoms with E-state index in [-0.39, 0.29) is 12.4 Å². The highest BCUT2D eigenvalue weighted by Crippen LogP contribution is 2.17. The van der Waals surface area contributed by atoms with Crippen LogP contribution in [0.25, 0.3) is 0 Å². The molecule has 2 nitrogen and oxygen atoms in total. The third-order valence-electron chi connectivity index (χ3n) is 1.81. The minimum Gasteiger partial charge on any atom is -0.372 e. The number of rotatable bonds is 2. The molecule has 0 aromatic heterocycles. The van der Waals surface area contributed by atoms with Crippen molar-refractivity contribution in [3.05, 3.63) is 35.9 Å². The fourth-order valence-electron chi connectivity index (χ4n) is 0.931. The molecular formula is C9H14ClNO. The van der Waals surface area contributed by atoms with Crippen molar-refractivity contribution in [2.24, 2.45) is 5.73 Å². The zero-order valence-electron chi connectivity index (χ0n) is 7.03. The Hall–Kier alpha value is -0.570. The predicted octanol–water partition coefficient (Wildman–Crippen LogP) is 1.62.